The molecule has 148 valence electrons. The molecule has 26 heavy (non-hydrogen) atoms. The van der Waals surface area contributed by atoms with Crippen LogP contribution in [0.2, 0.25) is 0 Å². The highest BCUT2D eigenvalue weighted by Crippen LogP contribution is 2.29. The summed E-state index contributed by atoms with van der Waals surface area (Å²) in [5.41, 5.74) is 0. The number of hydrogen-bond acceptors (Lipinski definition) is 5. The zero-order valence-electron chi connectivity index (χ0n) is 15.4. The van der Waals surface area contributed by atoms with Gasteiger partial charge in [-0.25, -0.2) is 0 Å². The number of ether oxygens (including phenoxy) is 1. The van der Waals surface area contributed by atoms with Crippen molar-refractivity contribution in [3.8, 4) is 0 Å². The van der Waals surface area contributed by atoms with Gasteiger partial charge in [0, 0.05) is 18.8 Å². The van der Waals surface area contributed by atoms with Gasteiger partial charge < -0.3 is 25.2 Å². The molecule has 1 aliphatic rings. The van der Waals surface area contributed by atoms with E-state index in [1.807, 2.05) is 31.2 Å². The Bertz CT molecular complexity index is 485. The summed E-state index contributed by atoms with van der Waals surface area (Å²) in [5, 5.41) is 38.6. The molecule has 0 aromatic carbocycles. The number of rotatable bonds is 11. The van der Waals surface area contributed by atoms with Crippen molar-refractivity contribution in [1.29, 1.82) is 0 Å². The van der Waals surface area contributed by atoms with Crippen molar-refractivity contribution in [3.63, 3.8) is 0 Å². The molecule has 1 heterocycles. The number of carboxylic acid groups (broad SMARTS) is 1. The van der Waals surface area contributed by atoms with Crippen LogP contribution in [0.25, 0.3) is 0 Å². The fourth-order valence-electron chi connectivity index (χ4n) is 2.88. The van der Waals surface area contributed by atoms with Crippen LogP contribution in [0.3, 0.4) is 0 Å². The van der Waals surface area contributed by atoms with E-state index in [0.29, 0.717) is 25.7 Å². The molecular formula is C20H32O6. The quantitative estimate of drug-likeness (QED) is 0.330. The molecule has 0 saturated carbocycles. The van der Waals surface area contributed by atoms with Gasteiger partial charge in [0.05, 0.1) is 18.3 Å². The molecule has 0 aromatic rings. The summed E-state index contributed by atoms with van der Waals surface area (Å²) in [6.45, 7) is 2.02. The van der Waals surface area contributed by atoms with Gasteiger partial charge in [-0.15, -0.1) is 0 Å². The van der Waals surface area contributed by atoms with Crippen molar-refractivity contribution in [1.82, 2.24) is 0 Å². The number of unbranched alkanes of at least 4 members (excludes halogenated alkanes) is 1. The van der Waals surface area contributed by atoms with Crippen molar-refractivity contribution in [2.75, 3.05) is 0 Å². The first-order valence-corrected chi connectivity index (χ1v) is 9.33. The SMILES string of the molecule is CC/C=C/C[C@H](O)/C=C/[C@@H]1O[C@H](O)C[C@H](O)[C@H]1C/C=C/CCCC(=O)O. The van der Waals surface area contributed by atoms with Gasteiger partial charge in [-0.2, -0.15) is 0 Å². The normalized spacial score (nSPS) is 28.3. The van der Waals surface area contributed by atoms with Crippen LogP contribution < -0.4 is 0 Å². The van der Waals surface area contributed by atoms with E-state index in [0.717, 1.165) is 6.42 Å². The molecule has 1 fully saturated rings. The maximum absolute atomic E-state index is 10.5. The molecule has 1 aliphatic heterocycles. The maximum Gasteiger partial charge on any atom is 0.303 e. The third-order valence-corrected chi connectivity index (χ3v) is 4.31. The van der Waals surface area contributed by atoms with Gasteiger partial charge in [0.15, 0.2) is 6.29 Å². The molecular weight excluding hydrogens is 336 g/mol. The van der Waals surface area contributed by atoms with Crippen LogP contribution in [0.15, 0.2) is 36.5 Å². The largest absolute Gasteiger partial charge is 0.481 e. The van der Waals surface area contributed by atoms with Crippen molar-refractivity contribution < 1.29 is 30.0 Å². The number of aliphatic carboxylic acids is 1. The highest BCUT2D eigenvalue weighted by molar-refractivity contribution is 5.66. The first-order chi connectivity index (χ1) is 12.4. The van der Waals surface area contributed by atoms with Crippen LogP contribution in [0.1, 0.15) is 51.9 Å². The van der Waals surface area contributed by atoms with Crippen LogP contribution in [-0.2, 0) is 9.53 Å². The smallest absolute Gasteiger partial charge is 0.303 e. The molecule has 1 saturated heterocycles. The Balaban J connectivity index is 2.56. The van der Waals surface area contributed by atoms with Gasteiger partial charge >= 0.3 is 5.97 Å². The van der Waals surface area contributed by atoms with Crippen molar-refractivity contribution in [3.05, 3.63) is 36.5 Å². The van der Waals surface area contributed by atoms with Gasteiger partial charge in [-0.3, -0.25) is 4.79 Å². The molecule has 0 amide bonds. The van der Waals surface area contributed by atoms with E-state index < -0.39 is 30.6 Å². The summed E-state index contributed by atoms with van der Waals surface area (Å²) in [6.07, 6.45) is 11.8. The number of aliphatic hydroxyl groups excluding tert-OH is 3. The Kier molecular flexibility index (Phi) is 11.1. The second-order valence-corrected chi connectivity index (χ2v) is 6.58. The lowest BCUT2D eigenvalue weighted by Crippen LogP contribution is -2.43. The fourth-order valence-corrected chi connectivity index (χ4v) is 2.88. The fraction of sp³-hybridized carbons (Fsp3) is 0.650. The summed E-state index contributed by atoms with van der Waals surface area (Å²) in [5.74, 6) is -1.02. The molecule has 4 N–H and O–H groups in total. The summed E-state index contributed by atoms with van der Waals surface area (Å²) in [7, 11) is 0. The van der Waals surface area contributed by atoms with E-state index in [2.05, 4.69) is 0 Å². The standard InChI is InChI=1S/C20H32O6/c1-2-3-6-9-15(21)12-13-18-16(17(22)14-20(25)26-18)10-7-4-5-8-11-19(23)24/h3-4,6-7,12-13,15-18,20-22,25H,2,5,8-11,14H2,1H3,(H,23,24)/b6-3+,7-4+,13-12+/t15-,16+,17-,18-,20-/m0/s1. The van der Waals surface area contributed by atoms with Crippen LogP contribution in [0, 0.1) is 5.92 Å². The van der Waals surface area contributed by atoms with Gasteiger partial charge in [0.1, 0.15) is 0 Å². The third kappa shape index (κ3) is 9.29. The molecule has 0 spiro atoms. The van der Waals surface area contributed by atoms with Crippen molar-refractivity contribution in [2.24, 2.45) is 5.92 Å². The maximum atomic E-state index is 10.5. The van der Waals surface area contributed by atoms with Crippen molar-refractivity contribution >= 4 is 5.97 Å². The van der Waals surface area contributed by atoms with Gasteiger partial charge in [-0.1, -0.05) is 43.4 Å². The monoisotopic (exact) mass is 368 g/mol. The van der Waals surface area contributed by atoms with E-state index in [1.54, 1.807) is 12.2 Å². The van der Waals surface area contributed by atoms with Gasteiger partial charge in [-0.05, 0) is 32.1 Å². The summed E-state index contributed by atoms with van der Waals surface area (Å²) in [4.78, 5) is 10.5. The van der Waals surface area contributed by atoms with E-state index in [-0.39, 0.29) is 18.8 Å². The molecule has 5 atom stereocenters. The van der Waals surface area contributed by atoms with E-state index in [9.17, 15) is 20.1 Å². The van der Waals surface area contributed by atoms with Crippen LogP contribution in [0.4, 0.5) is 0 Å². The Morgan fingerprint density at radius 2 is 2.00 bits per heavy atom. The number of aliphatic hydroxyl groups is 3. The Labute approximate surface area is 155 Å². The minimum Gasteiger partial charge on any atom is -0.481 e. The summed E-state index contributed by atoms with van der Waals surface area (Å²) < 4.78 is 5.52. The van der Waals surface area contributed by atoms with Crippen LogP contribution in [-0.4, -0.2) is 51.0 Å². The minimum absolute atomic E-state index is 0.140. The molecule has 6 heteroatoms. The van der Waals surface area contributed by atoms with Crippen LogP contribution >= 0.6 is 0 Å². The third-order valence-electron chi connectivity index (χ3n) is 4.31. The van der Waals surface area contributed by atoms with Crippen LogP contribution in [0.5, 0.6) is 0 Å². The predicted molar refractivity (Wildman–Crippen MR) is 99.4 cm³/mol. The summed E-state index contributed by atoms with van der Waals surface area (Å²) in [6, 6.07) is 0. The first kappa shape index (κ1) is 22.6. The predicted octanol–water partition coefficient (Wildman–Crippen LogP) is 2.55. The molecule has 0 bridgehead atoms. The highest BCUT2D eigenvalue weighted by atomic mass is 16.6. The number of allylic oxidation sites excluding steroid dienone is 3. The topological polar surface area (TPSA) is 107 Å². The zero-order chi connectivity index (χ0) is 19.4. The molecule has 0 aliphatic carbocycles. The average Bonchev–Trinajstić information content (AvgIpc) is 2.57. The van der Waals surface area contributed by atoms with Crippen molar-refractivity contribution in [2.45, 2.75) is 76.5 Å². The van der Waals surface area contributed by atoms with E-state index in [4.69, 9.17) is 9.84 Å². The number of hydrogen-bond donors (Lipinski definition) is 4. The second kappa shape index (κ2) is 12.8. The lowest BCUT2D eigenvalue weighted by Gasteiger charge is -2.36. The molecule has 0 aromatic heterocycles. The lowest BCUT2D eigenvalue weighted by molar-refractivity contribution is -0.199. The van der Waals surface area contributed by atoms with E-state index >= 15 is 0 Å². The van der Waals surface area contributed by atoms with Gasteiger partial charge in [0.2, 0.25) is 0 Å². The van der Waals surface area contributed by atoms with Gasteiger partial charge in [0.25, 0.3) is 0 Å². The Morgan fingerprint density at radius 1 is 1.23 bits per heavy atom. The molecule has 6 nitrogen and oxygen atoms in total. The Hall–Kier alpha value is -1.47. The first-order valence-electron chi connectivity index (χ1n) is 9.33. The summed E-state index contributed by atoms with van der Waals surface area (Å²) >= 11 is 0. The molecule has 0 unspecified atom stereocenters. The Morgan fingerprint density at radius 3 is 2.69 bits per heavy atom. The highest BCUT2D eigenvalue weighted by Gasteiger charge is 2.35. The second-order valence-electron chi connectivity index (χ2n) is 6.58. The zero-order valence-corrected chi connectivity index (χ0v) is 15.4. The number of carboxylic acids is 1. The lowest BCUT2D eigenvalue weighted by atomic mass is 9.87. The van der Waals surface area contributed by atoms with E-state index in [1.165, 1.54) is 0 Å². The number of carbonyl (C=O) groups is 1. The molecule has 1 rings (SSSR count). The average molecular weight is 368 g/mol. The molecule has 0 radical (unpaired) electrons. The minimum atomic E-state index is -1.02.